The molecule has 0 bridgehead atoms. The third-order valence-electron chi connectivity index (χ3n) is 2.80. The van der Waals surface area contributed by atoms with Gasteiger partial charge in [0.05, 0.1) is 7.11 Å². The molecule has 0 aromatic heterocycles. The molecule has 1 aromatic carbocycles. The number of likely N-dealkylation sites (N-methyl/N-ethyl adjacent to an activating group) is 1. The van der Waals surface area contributed by atoms with Gasteiger partial charge in [-0.05, 0) is 12.5 Å². The van der Waals surface area contributed by atoms with Crippen LogP contribution in [-0.4, -0.2) is 44.1 Å². The Bertz CT molecular complexity index is 419. The summed E-state index contributed by atoms with van der Waals surface area (Å²) >= 11 is 0. The maximum atomic E-state index is 12.4. The highest BCUT2D eigenvalue weighted by Crippen LogP contribution is 2.19. The number of hydrogen-bond acceptors (Lipinski definition) is 4. The second-order valence-electron chi connectivity index (χ2n) is 3.95. The van der Waals surface area contributed by atoms with Crippen LogP contribution < -0.4 is 0 Å². The van der Waals surface area contributed by atoms with E-state index in [4.69, 9.17) is 4.74 Å². The largest absolute Gasteiger partial charge is 0.468 e. The van der Waals surface area contributed by atoms with Gasteiger partial charge in [0.15, 0.2) is 6.10 Å². The summed E-state index contributed by atoms with van der Waals surface area (Å²) in [5, 5.41) is 0. The SMILES string of the molecule is CCN(CC(=O)OC)C(=O)C(OC)c1ccccc1. The predicted octanol–water partition coefficient (Wildman–Crippen LogP) is 1.40. The van der Waals surface area contributed by atoms with Crippen molar-refractivity contribution in [2.45, 2.75) is 13.0 Å². The second kappa shape index (κ2) is 7.53. The van der Waals surface area contributed by atoms with Gasteiger partial charge in [0.1, 0.15) is 6.54 Å². The summed E-state index contributed by atoms with van der Waals surface area (Å²) in [7, 11) is 2.77. The van der Waals surface area contributed by atoms with Crippen molar-refractivity contribution in [3.05, 3.63) is 35.9 Å². The molecule has 0 heterocycles. The van der Waals surface area contributed by atoms with Gasteiger partial charge in [-0.3, -0.25) is 9.59 Å². The molecule has 0 spiro atoms. The summed E-state index contributed by atoms with van der Waals surface area (Å²) in [6.07, 6.45) is -0.703. The topological polar surface area (TPSA) is 55.8 Å². The first-order valence-electron chi connectivity index (χ1n) is 6.07. The van der Waals surface area contributed by atoms with Crippen LogP contribution in [0.25, 0.3) is 0 Å². The Hall–Kier alpha value is -1.88. The lowest BCUT2D eigenvalue weighted by molar-refractivity contribution is -0.151. The molecule has 0 fully saturated rings. The molecule has 1 amide bonds. The lowest BCUT2D eigenvalue weighted by Gasteiger charge is -2.24. The van der Waals surface area contributed by atoms with Crippen LogP contribution in [-0.2, 0) is 19.1 Å². The lowest BCUT2D eigenvalue weighted by atomic mass is 10.1. The van der Waals surface area contributed by atoms with Crippen LogP contribution in [0.5, 0.6) is 0 Å². The molecule has 1 unspecified atom stereocenters. The van der Waals surface area contributed by atoms with Crippen LogP contribution in [0.2, 0.25) is 0 Å². The second-order valence-corrected chi connectivity index (χ2v) is 3.95. The number of carbonyl (C=O) groups is 2. The van der Waals surface area contributed by atoms with Crippen molar-refractivity contribution in [1.82, 2.24) is 4.90 Å². The Morgan fingerprint density at radius 1 is 1.21 bits per heavy atom. The molecule has 1 rings (SSSR count). The maximum Gasteiger partial charge on any atom is 0.325 e. The maximum absolute atomic E-state index is 12.4. The van der Waals surface area contributed by atoms with Crippen LogP contribution in [0.1, 0.15) is 18.6 Å². The fraction of sp³-hybridized carbons (Fsp3) is 0.429. The Morgan fingerprint density at radius 2 is 1.84 bits per heavy atom. The highest BCUT2D eigenvalue weighted by atomic mass is 16.5. The van der Waals surface area contributed by atoms with E-state index >= 15 is 0 Å². The first kappa shape index (κ1) is 15.2. The number of rotatable bonds is 6. The van der Waals surface area contributed by atoms with E-state index in [2.05, 4.69) is 4.74 Å². The highest BCUT2D eigenvalue weighted by Gasteiger charge is 2.26. The quantitative estimate of drug-likeness (QED) is 0.729. The monoisotopic (exact) mass is 265 g/mol. The van der Waals surface area contributed by atoms with E-state index in [0.717, 1.165) is 5.56 Å². The third-order valence-corrected chi connectivity index (χ3v) is 2.80. The van der Waals surface area contributed by atoms with Crippen molar-refractivity contribution < 1.29 is 19.1 Å². The average molecular weight is 265 g/mol. The number of nitrogens with zero attached hydrogens (tertiary/aromatic N) is 1. The molecule has 0 N–H and O–H groups in total. The summed E-state index contributed by atoms with van der Waals surface area (Å²) in [6, 6.07) is 9.18. The van der Waals surface area contributed by atoms with Crippen LogP contribution in [0.3, 0.4) is 0 Å². The molecule has 0 aliphatic carbocycles. The number of amides is 1. The number of hydrogen-bond donors (Lipinski definition) is 0. The molecule has 0 saturated heterocycles. The van der Waals surface area contributed by atoms with Crippen molar-refractivity contribution in [3.63, 3.8) is 0 Å². The first-order chi connectivity index (χ1) is 9.13. The number of benzene rings is 1. The van der Waals surface area contributed by atoms with Gasteiger partial charge in [-0.1, -0.05) is 30.3 Å². The van der Waals surface area contributed by atoms with Crippen molar-refractivity contribution in [3.8, 4) is 0 Å². The van der Waals surface area contributed by atoms with Gasteiger partial charge in [0.2, 0.25) is 0 Å². The Balaban J connectivity index is 2.85. The zero-order valence-corrected chi connectivity index (χ0v) is 11.5. The van der Waals surface area contributed by atoms with Crippen molar-refractivity contribution >= 4 is 11.9 Å². The minimum atomic E-state index is -0.703. The molecule has 0 radical (unpaired) electrons. The van der Waals surface area contributed by atoms with Gasteiger partial charge < -0.3 is 14.4 Å². The highest BCUT2D eigenvalue weighted by molar-refractivity contribution is 5.86. The summed E-state index contributed by atoms with van der Waals surface area (Å²) < 4.78 is 9.83. The van der Waals surface area contributed by atoms with Gasteiger partial charge in [0.25, 0.3) is 5.91 Å². The van der Waals surface area contributed by atoms with Gasteiger partial charge in [-0.15, -0.1) is 0 Å². The molecule has 5 heteroatoms. The van der Waals surface area contributed by atoms with Gasteiger partial charge in [0, 0.05) is 13.7 Å². The molecule has 0 aliphatic rings. The number of methoxy groups -OCH3 is 2. The Morgan fingerprint density at radius 3 is 2.32 bits per heavy atom. The fourth-order valence-electron chi connectivity index (χ4n) is 1.74. The van der Waals surface area contributed by atoms with Gasteiger partial charge in [-0.25, -0.2) is 0 Å². The zero-order chi connectivity index (χ0) is 14.3. The minimum absolute atomic E-state index is 0.0709. The Labute approximate surface area is 113 Å². The average Bonchev–Trinajstić information content (AvgIpc) is 2.46. The van der Waals surface area contributed by atoms with E-state index in [-0.39, 0.29) is 12.5 Å². The fourth-order valence-corrected chi connectivity index (χ4v) is 1.74. The predicted molar refractivity (Wildman–Crippen MR) is 70.5 cm³/mol. The summed E-state index contributed by atoms with van der Waals surface area (Å²) in [5.41, 5.74) is 0.762. The third kappa shape index (κ3) is 4.06. The minimum Gasteiger partial charge on any atom is -0.468 e. The van der Waals surface area contributed by atoms with Gasteiger partial charge >= 0.3 is 5.97 Å². The summed E-state index contributed by atoms with van der Waals surface area (Å²) in [4.78, 5) is 25.0. The molecule has 104 valence electrons. The zero-order valence-electron chi connectivity index (χ0n) is 11.5. The number of carbonyl (C=O) groups excluding carboxylic acids is 2. The van der Waals surface area contributed by atoms with Crippen LogP contribution >= 0.6 is 0 Å². The van der Waals surface area contributed by atoms with Crippen LogP contribution in [0.15, 0.2) is 30.3 Å². The van der Waals surface area contributed by atoms with Crippen LogP contribution in [0, 0.1) is 0 Å². The Kier molecular flexibility index (Phi) is 6.02. The smallest absolute Gasteiger partial charge is 0.325 e. The van der Waals surface area contributed by atoms with Crippen LogP contribution in [0.4, 0.5) is 0 Å². The van der Waals surface area contributed by atoms with E-state index in [1.165, 1.54) is 19.1 Å². The number of esters is 1. The van der Waals surface area contributed by atoms with E-state index in [0.29, 0.717) is 6.54 Å². The van der Waals surface area contributed by atoms with Gasteiger partial charge in [-0.2, -0.15) is 0 Å². The molecule has 1 aromatic rings. The number of ether oxygens (including phenoxy) is 2. The normalized spacial score (nSPS) is 11.7. The molecule has 0 aliphatic heterocycles. The van der Waals surface area contributed by atoms with Crippen molar-refractivity contribution in [2.75, 3.05) is 27.3 Å². The van der Waals surface area contributed by atoms with Crippen molar-refractivity contribution in [1.29, 1.82) is 0 Å². The summed E-state index contributed by atoms with van der Waals surface area (Å²) in [6.45, 7) is 2.15. The molecular formula is C14H19NO4. The standard InChI is InChI=1S/C14H19NO4/c1-4-15(10-12(16)18-2)14(17)13(19-3)11-8-6-5-7-9-11/h5-9,13H,4,10H2,1-3H3. The van der Waals surface area contributed by atoms with E-state index in [9.17, 15) is 9.59 Å². The molecule has 5 nitrogen and oxygen atoms in total. The van der Waals surface area contributed by atoms with Crippen molar-refractivity contribution in [2.24, 2.45) is 0 Å². The molecule has 0 saturated carbocycles. The first-order valence-corrected chi connectivity index (χ1v) is 6.07. The van der Waals surface area contributed by atoms with E-state index in [1.807, 2.05) is 30.3 Å². The molecule has 1 atom stereocenters. The van der Waals surface area contributed by atoms with E-state index in [1.54, 1.807) is 6.92 Å². The lowest BCUT2D eigenvalue weighted by Crippen LogP contribution is -2.39. The summed E-state index contributed by atoms with van der Waals surface area (Å²) in [5.74, 6) is -0.695. The van der Waals surface area contributed by atoms with E-state index < -0.39 is 12.1 Å². The molecular weight excluding hydrogens is 246 g/mol. The molecule has 19 heavy (non-hydrogen) atoms.